The highest BCUT2D eigenvalue weighted by molar-refractivity contribution is 6.30. The van der Waals surface area contributed by atoms with Gasteiger partial charge in [-0.3, -0.25) is 0 Å². The van der Waals surface area contributed by atoms with E-state index in [4.69, 9.17) is 16.1 Å². The van der Waals surface area contributed by atoms with E-state index >= 15 is 0 Å². The summed E-state index contributed by atoms with van der Waals surface area (Å²) in [5.41, 5.74) is 0.814. The average molecular weight is 364 g/mol. The van der Waals surface area contributed by atoms with E-state index in [1.54, 1.807) is 12.1 Å². The number of likely N-dealkylation sites (N-methyl/N-ethyl adjacent to an activating group) is 1. The second-order valence-corrected chi connectivity index (χ2v) is 6.49. The lowest BCUT2D eigenvalue weighted by molar-refractivity contribution is 0.140. The van der Waals surface area contributed by atoms with E-state index in [0.29, 0.717) is 16.7 Å². The van der Waals surface area contributed by atoms with Crippen molar-refractivity contribution in [1.29, 1.82) is 0 Å². The van der Waals surface area contributed by atoms with E-state index in [9.17, 15) is 4.79 Å². The molecule has 1 N–H and O–H groups in total. The molecule has 0 aliphatic carbocycles. The number of rotatable bonds is 4. The molecule has 3 rings (SSSR count). The number of carbonyl (C=O) groups excluding carboxylic acids is 1. The van der Waals surface area contributed by atoms with Gasteiger partial charge in [0.05, 0.1) is 0 Å². The van der Waals surface area contributed by atoms with Gasteiger partial charge in [-0.25, -0.2) is 4.79 Å². The Bertz CT molecular complexity index is 710. The summed E-state index contributed by atoms with van der Waals surface area (Å²) in [4.78, 5) is 20.9. The molecule has 0 unspecified atom stereocenters. The molecule has 2 heterocycles. The van der Waals surface area contributed by atoms with E-state index < -0.39 is 0 Å². The van der Waals surface area contributed by atoms with E-state index in [1.165, 1.54) is 0 Å². The van der Waals surface area contributed by atoms with Crippen molar-refractivity contribution in [3.8, 4) is 11.4 Å². The zero-order chi connectivity index (χ0) is 17.8. The van der Waals surface area contributed by atoms with Gasteiger partial charge in [0.1, 0.15) is 6.04 Å². The van der Waals surface area contributed by atoms with Crippen molar-refractivity contribution in [2.45, 2.75) is 19.9 Å². The number of aromatic nitrogens is 2. The first-order chi connectivity index (χ1) is 12.1. The van der Waals surface area contributed by atoms with Gasteiger partial charge in [0.25, 0.3) is 0 Å². The lowest BCUT2D eigenvalue weighted by Gasteiger charge is -2.34. The maximum Gasteiger partial charge on any atom is 0.318 e. The van der Waals surface area contributed by atoms with Crippen molar-refractivity contribution in [1.82, 2.24) is 25.3 Å². The predicted molar refractivity (Wildman–Crippen MR) is 95.4 cm³/mol. The Hall–Kier alpha value is -2.12. The molecule has 1 aromatic heterocycles. The number of benzene rings is 1. The van der Waals surface area contributed by atoms with Gasteiger partial charge in [0.2, 0.25) is 11.7 Å². The zero-order valence-electron chi connectivity index (χ0n) is 14.4. The fourth-order valence-corrected chi connectivity index (χ4v) is 2.86. The molecule has 2 amide bonds. The van der Waals surface area contributed by atoms with Crippen LogP contribution in [-0.4, -0.2) is 58.7 Å². The summed E-state index contributed by atoms with van der Waals surface area (Å²) < 4.78 is 5.30. The molecule has 134 valence electrons. The Balaban J connectivity index is 1.59. The molecule has 2 aromatic rings. The van der Waals surface area contributed by atoms with E-state index in [0.717, 1.165) is 38.3 Å². The standard InChI is InChI=1S/C17H22ClN5O2/c1-3-22-8-10-23(11-9-22)17(24)19-12(2)16-20-15(21-25-16)13-4-6-14(18)7-5-13/h4-7,12H,3,8-11H2,1-2H3,(H,19,24)/t12-/m1/s1. The van der Waals surface area contributed by atoms with Crippen LogP contribution >= 0.6 is 11.6 Å². The maximum absolute atomic E-state index is 12.4. The molecule has 1 atom stereocenters. The molecule has 1 aliphatic rings. The Morgan fingerprint density at radius 2 is 1.96 bits per heavy atom. The van der Waals surface area contributed by atoms with Crippen LogP contribution < -0.4 is 5.32 Å². The summed E-state index contributed by atoms with van der Waals surface area (Å²) in [5, 5.41) is 7.55. The Kier molecular flexibility index (Phi) is 5.55. The average Bonchev–Trinajstić information content (AvgIpc) is 3.12. The topological polar surface area (TPSA) is 74.5 Å². The second-order valence-electron chi connectivity index (χ2n) is 6.06. The summed E-state index contributed by atoms with van der Waals surface area (Å²) >= 11 is 5.88. The molecule has 7 nitrogen and oxygen atoms in total. The lowest BCUT2D eigenvalue weighted by Crippen LogP contribution is -2.51. The zero-order valence-corrected chi connectivity index (χ0v) is 15.2. The summed E-state index contributed by atoms with van der Waals surface area (Å²) in [6.45, 7) is 8.24. The summed E-state index contributed by atoms with van der Waals surface area (Å²) in [7, 11) is 0. The number of amides is 2. The van der Waals surface area contributed by atoms with Gasteiger partial charge in [0.15, 0.2) is 0 Å². The normalized spacial score (nSPS) is 16.7. The van der Waals surface area contributed by atoms with Crippen molar-refractivity contribution in [3.05, 3.63) is 35.2 Å². The third kappa shape index (κ3) is 4.29. The van der Waals surface area contributed by atoms with Crippen LogP contribution in [0.4, 0.5) is 4.79 Å². The highest BCUT2D eigenvalue weighted by atomic mass is 35.5. The molecule has 1 aliphatic heterocycles. The minimum Gasteiger partial charge on any atom is -0.337 e. The van der Waals surface area contributed by atoms with Gasteiger partial charge in [0, 0.05) is 36.8 Å². The van der Waals surface area contributed by atoms with Crippen molar-refractivity contribution < 1.29 is 9.32 Å². The van der Waals surface area contributed by atoms with Crippen molar-refractivity contribution in [2.24, 2.45) is 0 Å². The quantitative estimate of drug-likeness (QED) is 0.904. The summed E-state index contributed by atoms with van der Waals surface area (Å²) in [6.07, 6.45) is 0. The van der Waals surface area contributed by atoms with Gasteiger partial charge in [-0.05, 0) is 37.7 Å². The molecule has 0 spiro atoms. The predicted octanol–water partition coefficient (Wildman–Crippen LogP) is 2.80. The molecule has 1 aromatic carbocycles. The molecule has 8 heteroatoms. The first-order valence-electron chi connectivity index (χ1n) is 8.44. The number of nitrogens with one attached hydrogen (secondary N) is 1. The monoisotopic (exact) mass is 363 g/mol. The summed E-state index contributed by atoms with van der Waals surface area (Å²) in [6, 6.07) is 6.74. The van der Waals surface area contributed by atoms with E-state index in [1.807, 2.05) is 24.0 Å². The Morgan fingerprint density at radius 3 is 2.60 bits per heavy atom. The second kappa shape index (κ2) is 7.84. The molecule has 0 saturated carbocycles. The first-order valence-corrected chi connectivity index (χ1v) is 8.82. The fourth-order valence-electron chi connectivity index (χ4n) is 2.73. The minimum atomic E-state index is -0.356. The van der Waals surface area contributed by atoms with Crippen LogP contribution in [0.25, 0.3) is 11.4 Å². The largest absolute Gasteiger partial charge is 0.337 e. The van der Waals surface area contributed by atoms with Crippen molar-refractivity contribution >= 4 is 17.6 Å². The van der Waals surface area contributed by atoms with E-state index in [-0.39, 0.29) is 12.1 Å². The van der Waals surface area contributed by atoms with Crippen LogP contribution in [0, 0.1) is 0 Å². The lowest BCUT2D eigenvalue weighted by atomic mass is 10.2. The SMILES string of the molecule is CCN1CCN(C(=O)N[C@H](C)c2nc(-c3ccc(Cl)cc3)no2)CC1. The number of nitrogens with zero attached hydrogens (tertiary/aromatic N) is 4. The Labute approximate surface area is 151 Å². The smallest absolute Gasteiger partial charge is 0.318 e. The van der Waals surface area contributed by atoms with Crippen LogP contribution in [0.2, 0.25) is 5.02 Å². The molecule has 1 saturated heterocycles. The fraction of sp³-hybridized carbons (Fsp3) is 0.471. The third-order valence-electron chi connectivity index (χ3n) is 4.36. The highest BCUT2D eigenvalue weighted by Crippen LogP contribution is 2.20. The van der Waals surface area contributed by atoms with E-state index in [2.05, 4.69) is 27.3 Å². The number of piperazine rings is 1. The number of carbonyl (C=O) groups is 1. The molecule has 0 bridgehead atoms. The van der Waals surface area contributed by atoms with Gasteiger partial charge in [-0.2, -0.15) is 4.98 Å². The molecule has 1 fully saturated rings. The van der Waals surface area contributed by atoms with Gasteiger partial charge >= 0.3 is 6.03 Å². The molecular weight excluding hydrogens is 342 g/mol. The number of urea groups is 1. The molecular formula is C17H22ClN5O2. The van der Waals surface area contributed by atoms with Gasteiger partial charge in [-0.15, -0.1) is 0 Å². The Morgan fingerprint density at radius 1 is 1.28 bits per heavy atom. The van der Waals surface area contributed by atoms with Crippen molar-refractivity contribution in [3.63, 3.8) is 0 Å². The summed E-state index contributed by atoms with van der Waals surface area (Å²) in [5.74, 6) is 0.856. The van der Waals surface area contributed by atoms with Crippen LogP contribution in [0.15, 0.2) is 28.8 Å². The minimum absolute atomic E-state index is 0.102. The maximum atomic E-state index is 12.4. The molecule has 0 radical (unpaired) electrons. The van der Waals surface area contributed by atoms with Gasteiger partial charge < -0.3 is 19.6 Å². The number of hydrogen-bond donors (Lipinski definition) is 1. The van der Waals surface area contributed by atoms with Crippen LogP contribution in [-0.2, 0) is 0 Å². The van der Waals surface area contributed by atoms with Crippen LogP contribution in [0.5, 0.6) is 0 Å². The van der Waals surface area contributed by atoms with Crippen molar-refractivity contribution in [2.75, 3.05) is 32.7 Å². The van der Waals surface area contributed by atoms with Crippen LogP contribution in [0.3, 0.4) is 0 Å². The highest BCUT2D eigenvalue weighted by Gasteiger charge is 2.23. The van der Waals surface area contributed by atoms with Gasteiger partial charge in [-0.1, -0.05) is 23.7 Å². The third-order valence-corrected chi connectivity index (χ3v) is 4.61. The molecule has 25 heavy (non-hydrogen) atoms. The van der Waals surface area contributed by atoms with Crippen LogP contribution in [0.1, 0.15) is 25.8 Å². The number of halogens is 1. The first kappa shape index (κ1) is 17.7. The number of hydrogen-bond acceptors (Lipinski definition) is 5.